The van der Waals surface area contributed by atoms with Crippen molar-refractivity contribution >= 4 is 18.0 Å². The number of carbonyl (C=O) groups excluding carboxylic acids is 1. The van der Waals surface area contributed by atoms with Gasteiger partial charge >= 0.3 is 18.0 Å². The lowest BCUT2D eigenvalue weighted by Crippen LogP contribution is -2.48. The van der Waals surface area contributed by atoms with Crippen LogP contribution in [0.4, 0.5) is 4.79 Å². The molecule has 0 spiro atoms. The molecule has 1 aromatic rings. The van der Waals surface area contributed by atoms with Crippen LogP contribution in [0.5, 0.6) is 5.75 Å². The topological polar surface area (TPSA) is 147 Å². The summed E-state index contributed by atoms with van der Waals surface area (Å²) in [6.07, 6.45) is -2.14. The van der Waals surface area contributed by atoms with Gasteiger partial charge in [0.2, 0.25) is 0 Å². The number of aliphatic hydroxyl groups excluding tert-OH is 1. The molecule has 0 heterocycles. The fourth-order valence-corrected chi connectivity index (χ4v) is 2.34. The van der Waals surface area contributed by atoms with Gasteiger partial charge in [-0.25, -0.2) is 9.59 Å². The normalized spacial score (nSPS) is 13.1. The van der Waals surface area contributed by atoms with Gasteiger partial charge in [0.25, 0.3) is 0 Å². The minimum Gasteiger partial charge on any atom is -0.508 e. The number of aliphatic hydroxyl groups is 1. The van der Waals surface area contributed by atoms with Crippen molar-refractivity contribution in [3.63, 3.8) is 0 Å². The fourth-order valence-electron chi connectivity index (χ4n) is 2.34. The molecule has 1 rings (SSSR count). The van der Waals surface area contributed by atoms with Gasteiger partial charge in [0.05, 0.1) is 19.0 Å². The summed E-state index contributed by atoms with van der Waals surface area (Å²) in [6.45, 7) is 3.41. The van der Waals surface area contributed by atoms with E-state index < -0.39 is 43.1 Å². The molecule has 0 aliphatic heterocycles. The lowest BCUT2D eigenvalue weighted by molar-refractivity contribution is -0.147. The standard InChI is InChI=1S/C17H24N2O7/c1-10(2)8-19(9-14(21)16(24)25)17(26)18-13(7-15(22)23)11-3-5-12(20)6-4-11/h3-6,10,13-14,20-21H,7-9H2,1-2H3,(H,18,26)(H,22,23)(H,24,25). The van der Waals surface area contributed by atoms with Crippen LogP contribution in [0.25, 0.3) is 0 Å². The summed E-state index contributed by atoms with van der Waals surface area (Å²) in [4.78, 5) is 35.6. The van der Waals surface area contributed by atoms with E-state index in [1.165, 1.54) is 24.3 Å². The summed E-state index contributed by atoms with van der Waals surface area (Å²) in [5.41, 5.74) is 0.474. The molecular weight excluding hydrogens is 344 g/mol. The number of carbonyl (C=O) groups is 3. The number of carboxylic acid groups (broad SMARTS) is 2. The van der Waals surface area contributed by atoms with Gasteiger partial charge in [-0.3, -0.25) is 4.79 Å². The summed E-state index contributed by atoms with van der Waals surface area (Å²) < 4.78 is 0. The Hall–Kier alpha value is -2.81. The van der Waals surface area contributed by atoms with E-state index in [1.807, 2.05) is 13.8 Å². The monoisotopic (exact) mass is 368 g/mol. The molecule has 0 saturated heterocycles. The number of benzene rings is 1. The maximum absolute atomic E-state index is 12.5. The number of phenolic OH excluding ortho intramolecular Hbond substituents is 1. The van der Waals surface area contributed by atoms with Gasteiger partial charge < -0.3 is 30.6 Å². The summed E-state index contributed by atoms with van der Waals surface area (Å²) in [7, 11) is 0. The molecule has 0 fully saturated rings. The van der Waals surface area contributed by atoms with Crippen LogP contribution >= 0.6 is 0 Å². The number of aromatic hydroxyl groups is 1. The highest BCUT2D eigenvalue weighted by Gasteiger charge is 2.26. The van der Waals surface area contributed by atoms with Crippen molar-refractivity contribution in [2.24, 2.45) is 5.92 Å². The molecular formula is C17H24N2O7. The zero-order valence-corrected chi connectivity index (χ0v) is 14.6. The molecule has 5 N–H and O–H groups in total. The van der Waals surface area contributed by atoms with E-state index in [0.29, 0.717) is 5.56 Å². The highest BCUT2D eigenvalue weighted by Crippen LogP contribution is 2.20. The number of nitrogens with zero attached hydrogens (tertiary/aromatic N) is 1. The van der Waals surface area contributed by atoms with Crippen molar-refractivity contribution in [2.75, 3.05) is 13.1 Å². The van der Waals surface area contributed by atoms with Crippen molar-refractivity contribution in [1.82, 2.24) is 10.2 Å². The maximum atomic E-state index is 12.5. The molecule has 9 heteroatoms. The average molecular weight is 368 g/mol. The number of rotatable bonds is 9. The molecule has 0 saturated carbocycles. The first-order chi connectivity index (χ1) is 12.1. The second kappa shape index (κ2) is 9.62. The number of amides is 2. The number of aliphatic carboxylic acids is 2. The van der Waals surface area contributed by atoms with Gasteiger partial charge in [-0.1, -0.05) is 26.0 Å². The Morgan fingerprint density at radius 3 is 2.12 bits per heavy atom. The highest BCUT2D eigenvalue weighted by molar-refractivity contribution is 5.78. The predicted molar refractivity (Wildman–Crippen MR) is 91.7 cm³/mol. The molecule has 0 radical (unpaired) electrons. The second-order valence-electron chi connectivity index (χ2n) is 6.34. The summed E-state index contributed by atoms with van der Waals surface area (Å²) >= 11 is 0. The van der Waals surface area contributed by atoms with Gasteiger partial charge in [0.15, 0.2) is 6.10 Å². The van der Waals surface area contributed by atoms with E-state index in [1.54, 1.807) is 0 Å². The Bertz CT molecular complexity index is 631. The quantitative estimate of drug-likeness (QED) is 0.437. The minimum atomic E-state index is -1.74. The van der Waals surface area contributed by atoms with E-state index in [4.69, 9.17) is 10.2 Å². The van der Waals surface area contributed by atoms with Crippen molar-refractivity contribution in [1.29, 1.82) is 0 Å². The van der Waals surface area contributed by atoms with Gasteiger partial charge in [-0.05, 0) is 23.6 Å². The maximum Gasteiger partial charge on any atom is 0.334 e. The third-order valence-corrected chi connectivity index (χ3v) is 3.52. The molecule has 0 bridgehead atoms. The molecule has 2 unspecified atom stereocenters. The number of nitrogens with one attached hydrogen (secondary N) is 1. The number of carboxylic acids is 2. The van der Waals surface area contributed by atoms with Crippen LogP contribution in [0.3, 0.4) is 0 Å². The average Bonchev–Trinajstić information content (AvgIpc) is 2.53. The van der Waals surface area contributed by atoms with Crippen LogP contribution in [0.2, 0.25) is 0 Å². The number of hydrogen-bond acceptors (Lipinski definition) is 5. The number of hydrogen-bond donors (Lipinski definition) is 5. The predicted octanol–water partition coefficient (Wildman–Crippen LogP) is 1.02. The molecule has 2 amide bonds. The Kier molecular flexibility index (Phi) is 7.85. The lowest BCUT2D eigenvalue weighted by Gasteiger charge is -2.28. The molecule has 0 aliphatic carbocycles. The summed E-state index contributed by atoms with van der Waals surface area (Å²) in [5, 5.41) is 39.4. The van der Waals surface area contributed by atoms with Crippen LogP contribution in [0, 0.1) is 5.92 Å². The van der Waals surface area contributed by atoms with Crippen molar-refractivity contribution < 1.29 is 34.8 Å². The van der Waals surface area contributed by atoms with Crippen molar-refractivity contribution in [3.8, 4) is 5.75 Å². The summed E-state index contributed by atoms with van der Waals surface area (Å²) in [5.74, 6) is -2.58. The highest BCUT2D eigenvalue weighted by atomic mass is 16.4. The first-order valence-electron chi connectivity index (χ1n) is 8.07. The van der Waals surface area contributed by atoms with E-state index in [0.717, 1.165) is 4.90 Å². The largest absolute Gasteiger partial charge is 0.508 e. The molecule has 0 aliphatic rings. The molecule has 9 nitrogen and oxygen atoms in total. The van der Waals surface area contributed by atoms with E-state index in [-0.39, 0.29) is 18.2 Å². The molecule has 26 heavy (non-hydrogen) atoms. The van der Waals surface area contributed by atoms with Crippen LogP contribution in [0.15, 0.2) is 24.3 Å². The van der Waals surface area contributed by atoms with Gasteiger partial charge in [-0.2, -0.15) is 0 Å². The van der Waals surface area contributed by atoms with Gasteiger partial charge in [-0.15, -0.1) is 0 Å². The third kappa shape index (κ3) is 6.98. The van der Waals surface area contributed by atoms with Crippen LogP contribution in [-0.4, -0.2) is 62.5 Å². The molecule has 1 aromatic carbocycles. The molecule has 2 atom stereocenters. The van der Waals surface area contributed by atoms with Crippen LogP contribution < -0.4 is 5.32 Å². The Morgan fingerprint density at radius 1 is 1.08 bits per heavy atom. The fraction of sp³-hybridized carbons (Fsp3) is 0.471. The summed E-state index contributed by atoms with van der Waals surface area (Å²) in [6, 6.07) is 4.16. The zero-order chi connectivity index (χ0) is 19.9. The zero-order valence-electron chi connectivity index (χ0n) is 14.6. The number of urea groups is 1. The third-order valence-electron chi connectivity index (χ3n) is 3.52. The van der Waals surface area contributed by atoms with E-state index >= 15 is 0 Å². The van der Waals surface area contributed by atoms with Gasteiger partial charge in [0.1, 0.15) is 5.75 Å². The van der Waals surface area contributed by atoms with E-state index in [2.05, 4.69) is 5.32 Å². The number of phenols is 1. The first-order valence-corrected chi connectivity index (χ1v) is 8.07. The van der Waals surface area contributed by atoms with Gasteiger partial charge in [0, 0.05) is 6.54 Å². The second-order valence-corrected chi connectivity index (χ2v) is 6.34. The first kappa shape index (κ1) is 21.2. The van der Waals surface area contributed by atoms with E-state index in [9.17, 15) is 24.6 Å². The molecule has 144 valence electrons. The van der Waals surface area contributed by atoms with Crippen molar-refractivity contribution in [3.05, 3.63) is 29.8 Å². The van der Waals surface area contributed by atoms with Crippen LogP contribution in [0.1, 0.15) is 31.9 Å². The smallest absolute Gasteiger partial charge is 0.334 e. The van der Waals surface area contributed by atoms with Crippen LogP contribution in [-0.2, 0) is 9.59 Å². The minimum absolute atomic E-state index is 0.000154. The Morgan fingerprint density at radius 2 is 1.65 bits per heavy atom. The Labute approximate surface area is 150 Å². The Balaban J connectivity index is 2.96. The van der Waals surface area contributed by atoms with Crippen molar-refractivity contribution in [2.45, 2.75) is 32.4 Å². The lowest BCUT2D eigenvalue weighted by atomic mass is 10.0. The SMILES string of the molecule is CC(C)CN(CC(O)C(=O)O)C(=O)NC(CC(=O)O)c1ccc(O)cc1. The molecule has 0 aromatic heterocycles.